The number of piperidine rings is 1. The molecule has 0 aliphatic carbocycles. The van der Waals surface area contributed by atoms with E-state index in [0.29, 0.717) is 23.6 Å². The Balaban J connectivity index is 1.42. The first-order valence-corrected chi connectivity index (χ1v) is 8.67. The van der Waals surface area contributed by atoms with Crippen LogP contribution in [0.2, 0.25) is 0 Å². The Morgan fingerprint density at radius 1 is 1.23 bits per heavy atom. The summed E-state index contributed by atoms with van der Waals surface area (Å²) in [6.07, 6.45) is 3.04. The van der Waals surface area contributed by atoms with Crippen molar-refractivity contribution in [1.29, 1.82) is 0 Å². The van der Waals surface area contributed by atoms with Gasteiger partial charge in [0.05, 0.1) is 0 Å². The number of ether oxygens (including phenoxy) is 3. The van der Waals surface area contributed by atoms with Gasteiger partial charge in [-0.25, -0.2) is 0 Å². The number of nitrogens with zero attached hydrogens (tertiary/aromatic N) is 1. The van der Waals surface area contributed by atoms with Gasteiger partial charge < -0.3 is 24.4 Å². The van der Waals surface area contributed by atoms with Crippen molar-refractivity contribution in [2.45, 2.75) is 32.2 Å². The molecule has 0 aromatic heterocycles. The van der Waals surface area contributed by atoms with Crippen LogP contribution in [-0.4, -0.2) is 55.2 Å². The summed E-state index contributed by atoms with van der Waals surface area (Å²) >= 11 is 0. The fraction of sp³-hybridized carbons (Fsp3) is 0.500. The standard InChI is InChI=1S/C18H22N2O6/c1-12-4-2-3-7-20(12)16(21)10-24-17(22)9-19-18(23)13-5-6-14-15(8-13)26-11-25-14/h5-6,8,12H,2-4,7,9-11H2,1H3,(H,19,23)/t12-/m1/s1. The molecule has 1 atom stereocenters. The molecule has 2 heterocycles. The second-order valence-corrected chi connectivity index (χ2v) is 6.34. The average Bonchev–Trinajstić information content (AvgIpc) is 3.12. The van der Waals surface area contributed by atoms with Crippen molar-refractivity contribution in [3.63, 3.8) is 0 Å². The van der Waals surface area contributed by atoms with Gasteiger partial charge in [-0.05, 0) is 44.4 Å². The molecule has 8 nitrogen and oxygen atoms in total. The van der Waals surface area contributed by atoms with Crippen molar-refractivity contribution in [1.82, 2.24) is 10.2 Å². The molecule has 3 rings (SSSR count). The van der Waals surface area contributed by atoms with Gasteiger partial charge in [-0.2, -0.15) is 0 Å². The first kappa shape index (κ1) is 18.0. The van der Waals surface area contributed by atoms with E-state index in [2.05, 4.69) is 5.32 Å². The highest BCUT2D eigenvalue weighted by Gasteiger charge is 2.24. The zero-order valence-corrected chi connectivity index (χ0v) is 14.7. The van der Waals surface area contributed by atoms with Gasteiger partial charge in [0, 0.05) is 18.2 Å². The van der Waals surface area contributed by atoms with Crippen molar-refractivity contribution >= 4 is 17.8 Å². The molecule has 2 aliphatic heterocycles. The predicted octanol–water partition coefficient (Wildman–Crippen LogP) is 1.09. The van der Waals surface area contributed by atoms with E-state index in [1.165, 1.54) is 0 Å². The highest BCUT2D eigenvalue weighted by molar-refractivity contribution is 5.96. The van der Waals surface area contributed by atoms with Crippen molar-refractivity contribution in [2.24, 2.45) is 0 Å². The molecule has 1 aromatic rings. The topological polar surface area (TPSA) is 94.2 Å². The van der Waals surface area contributed by atoms with E-state index in [-0.39, 0.29) is 31.9 Å². The lowest BCUT2D eigenvalue weighted by molar-refractivity contribution is -0.152. The van der Waals surface area contributed by atoms with Crippen LogP contribution in [0.1, 0.15) is 36.5 Å². The maximum atomic E-state index is 12.1. The molecule has 140 valence electrons. The summed E-state index contributed by atoms with van der Waals surface area (Å²) in [6, 6.07) is 4.92. The van der Waals surface area contributed by atoms with Crippen LogP contribution in [0.3, 0.4) is 0 Å². The molecular weight excluding hydrogens is 340 g/mol. The van der Waals surface area contributed by atoms with E-state index in [0.717, 1.165) is 19.3 Å². The summed E-state index contributed by atoms with van der Waals surface area (Å²) in [7, 11) is 0. The SMILES string of the molecule is C[C@@H]1CCCCN1C(=O)COC(=O)CNC(=O)c1ccc2c(c1)OCO2. The predicted molar refractivity (Wildman–Crippen MR) is 90.9 cm³/mol. The van der Waals surface area contributed by atoms with E-state index >= 15 is 0 Å². The molecule has 8 heteroatoms. The Morgan fingerprint density at radius 3 is 2.85 bits per heavy atom. The van der Waals surface area contributed by atoms with E-state index in [9.17, 15) is 14.4 Å². The molecule has 1 aromatic carbocycles. The van der Waals surface area contributed by atoms with E-state index in [4.69, 9.17) is 14.2 Å². The van der Waals surface area contributed by atoms with Gasteiger partial charge in [0.1, 0.15) is 6.54 Å². The number of amides is 2. The van der Waals surface area contributed by atoms with Crippen molar-refractivity contribution in [3.05, 3.63) is 23.8 Å². The Hall–Kier alpha value is -2.77. The molecule has 0 unspecified atom stereocenters. The quantitative estimate of drug-likeness (QED) is 0.788. The molecule has 0 spiro atoms. The van der Waals surface area contributed by atoms with Crippen molar-refractivity contribution in [2.75, 3.05) is 26.5 Å². The minimum atomic E-state index is -0.655. The Bertz CT molecular complexity index is 705. The largest absolute Gasteiger partial charge is 0.454 e. The molecule has 0 radical (unpaired) electrons. The van der Waals surface area contributed by atoms with Gasteiger partial charge >= 0.3 is 5.97 Å². The number of likely N-dealkylation sites (tertiary alicyclic amines) is 1. The number of hydrogen-bond acceptors (Lipinski definition) is 6. The number of benzene rings is 1. The number of nitrogens with one attached hydrogen (secondary N) is 1. The number of carbonyl (C=O) groups excluding carboxylic acids is 3. The van der Waals surface area contributed by atoms with Gasteiger partial charge in [-0.15, -0.1) is 0 Å². The number of fused-ring (bicyclic) bond motifs is 1. The molecule has 2 amide bonds. The summed E-state index contributed by atoms with van der Waals surface area (Å²) < 4.78 is 15.4. The Kier molecular flexibility index (Phi) is 5.60. The Morgan fingerprint density at radius 2 is 2.04 bits per heavy atom. The first-order valence-electron chi connectivity index (χ1n) is 8.67. The molecule has 0 bridgehead atoms. The molecule has 1 saturated heterocycles. The molecule has 26 heavy (non-hydrogen) atoms. The van der Waals surface area contributed by atoms with Crippen LogP contribution in [0, 0.1) is 0 Å². The third-order valence-electron chi connectivity index (χ3n) is 4.51. The normalized spacial score (nSPS) is 18.3. The summed E-state index contributed by atoms with van der Waals surface area (Å²) in [5.41, 5.74) is 0.347. The average molecular weight is 362 g/mol. The number of carbonyl (C=O) groups is 3. The molecular formula is C18H22N2O6. The smallest absolute Gasteiger partial charge is 0.325 e. The van der Waals surface area contributed by atoms with E-state index < -0.39 is 11.9 Å². The van der Waals surface area contributed by atoms with Crippen molar-refractivity contribution in [3.8, 4) is 11.5 Å². The second kappa shape index (κ2) is 8.07. The van der Waals surface area contributed by atoms with Crippen LogP contribution in [0.25, 0.3) is 0 Å². The van der Waals surface area contributed by atoms with Gasteiger partial charge in [0.2, 0.25) is 6.79 Å². The summed E-state index contributed by atoms with van der Waals surface area (Å²) in [6.45, 7) is 2.19. The number of esters is 1. The van der Waals surface area contributed by atoms with Crippen LogP contribution >= 0.6 is 0 Å². The highest BCUT2D eigenvalue weighted by Crippen LogP contribution is 2.32. The van der Waals surface area contributed by atoms with E-state index in [1.807, 2.05) is 6.92 Å². The number of rotatable bonds is 5. The third kappa shape index (κ3) is 4.25. The second-order valence-electron chi connectivity index (χ2n) is 6.34. The maximum absolute atomic E-state index is 12.1. The van der Waals surface area contributed by atoms with Crippen LogP contribution in [0.15, 0.2) is 18.2 Å². The first-order chi connectivity index (χ1) is 12.5. The van der Waals surface area contributed by atoms with Gasteiger partial charge in [0.25, 0.3) is 11.8 Å². The molecule has 2 aliphatic rings. The maximum Gasteiger partial charge on any atom is 0.325 e. The van der Waals surface area contributed by atoms with Crippen LogP contribution in [0.5, 0.6) is 11.5 Å². The summed E-state index contributed by atoms with van der Waals surface area (Å²) in [5, 5.41) is 2.47. The molecule has 1 fully saturated rings. The van der Waals surface area contributed by atoms with Gasteiger partial charge in [0.15, 0.2) is 18.1 Å². The van der Waals surface area contributed by atoms with Gasteiger partial charge in [-0.1, -0.05) is 0 Å². The zero-order chi connectivity index (χ0) is 18.5. The molecule has 1 N–H and O–H groups in total. The third-order valence-corrected chi connectivity index (χ3v) is 4.51. The lowest BCUT2D eigenvalue weighted by Gasteiger charge is -2.33. The highest BCUT2D eigenvalue weighted by atomic mass is 16.7. The number of hydrogen-bond donors (Lipinski definition) is 1. The van der Waals surface area contributed by atoms with Crippen LogP contribution in [-0.2, 0) is 14.3 Å². The van der Waals surface area contributed by atoms with E-state index in [1.54, 1.807) is 23.1 Å². The van der Waals surface area contributed by atoms with Crippen LogP contribution in [0.4, 0.5) is 0 Å². The Labute approximate surface area is 151 Å². The minimum absolute atomic E-state index is 0.121. The minimum Gasteiger partial charge on any atom is -0.454 e. The van der Waals surface area contributed by atoms with Crippen molar-refractivity contribution < 1.29 is 28.6 Å². The summed E-state index contributed by atoms with van der Waals surface area (Å²) in [5.74, 6) is -0.228. The van der Waals surface area contributed by atoms with Gasteiger partial charge in [-0.3, -0.25) is 14.4 Å². The molecule has 0 saturated carbocycles. The fourth-order valence-electron chi connectivity index (χ4n) is 3.04. The lowest BCUT2D eigenvalue weighted by atomic mass is 10.0. The monoisotopic (exact) mass is 362 g/mol. The van der Waals surface area contributed by atoms with Crippen LogP contribution < -0.4 is 14.8 Å². The lowest BCUT2D eigenvalue weighted by Crippen LogP contribution is -2.44. The zero-order valence-electron chi connectivity index (χ0n) is 14.7. The fourth-order valence-corrected chi connectivity index (χ4v) is 3.04. The summed E-state index contributed by atoms with van der Waals surface area (Å²) in [4.78, 5) is 37.7.